The molecule has 0 radical (unpaired) electrons. The average Bonchev–Trinajstić information content (AvgIpc) is 3.93. The third kappa shape index (κ3) is 12.1. The van der Waals surface area contributed by atoms with Gasteiger partial charge in [0.1, 0.15) is 21.9 Å². The fourth-order valence-electron chi connectivity index (χ4n) is 5.67. The molecule has 1 saturated carbocycles. The number of nitrogens with zero attached hydrogens (tertiary/aromatic N) is 3. The Labute approximate surface area is 317 Å². The molecular formula is C35H42Cl2F2N4O9S. The molecule has 1 amide bonds. The summed E-state index contributed by atoms with van der Waals surface area (Å²) in [5.74, 6) is 0.359. The maximum Gasteiger partial charge on any atom is 0.410 e. The first-order valence-corrected chi connectivity index (χ1v) is 19.4. The first-order chi connectivity index (χ1) is 25.3. The third-order valence-electron chi connectivity index (χ3n) is 8.67. The van der Waals surface area contributed by atoms with Crippen molar-refractivity contribution in [3.05, 3.63) is 80.7 Å². The van der Waals surface area contributed by atoms with E-state index in [4.69, 9.17) is 42.1 Å². The lowest BCUT2D eigenvalue weighted by atomic mass is 10.0. The summed E-state index contributed by atoms with van der Waals surface area (Å²) in [5.41, 5.74) is 1.45. The van der Waals surface area contributed by atoms with Crippen molar-refractivity contribution < 1.29 is 50.4 Å². The van der Waals surface area contributed by atoms with Crippen molar-refractivity contribution in [1.82, 2.24) is 9.80 Å². The van der Waals surface area contributed by atoms with E-state index >= 15 is 0 Å². The number of ether oxygens (including phenoxy) is 5. The number of hydrogen-bond acceptors (Lipinski definition) is 10. The molecule has 1 N–H and O–H groups in total. The Hall–Kier alpha value is -3.83. The number of aromatic nitrogens is 1. The second-order valence-electron chi connectivity index (χ2n) is 12.8. The molecule has 13 nitrogen and oxygen atoms in total. The highest BCUT2D eigenvalue weighted by Gasteiger charge is 2.28. The van der Waals surface area contributed by atoms with Crippen LogP contribution >= 0.6 is 23.2 Å². The molecule has 2 aliphatic rings. The van der Waals surface area contributed by atoms with Crippen LogP contribution < -0.4 is 23.7 Å². The van der Waals surface area contributed by atoms with E-state index in [1.165, 1.54) is 37.3 Å². The average molecular weight is 804 g/mol. The third-order valence-corrected chi connectivity index (χ3v) is 10.7. The highest BCUT2D eigenvalue weighted by atomic mass is 35.5. The molecule has 0 bridgehead atoms. The summed E-state index contributed by atoms with van der Waals surface area (Å²) >= 11 is 12.8. The van der Waals surface area contributed by atoms with Gasteiger partial charge in [-0.25, -0.2) is 13.2 Å². The molecule has 0 unspecified atom stereocenters. The van der Waals surface area contributed by atoms with Crippen molar-refractivity contribution in [1.29, 1.82) is 0 Å². The van der Waals surface area contributed by atoms with E-state index < -0.39 is 28.8 Å². The van der Waals surface area contributed by atoms with Crippen LogP contribution in [0, 0.1) is 11.1 Å². The lowest BCUT2D eigenvalue weighted by molar-refractivity contribution is -0.605. The summed E-state index contributed by atoms with van der Waals surface area (Å²) in [6, 6.07) is 9.07. The van der Waals surface area contributed by atoms with Crippen LogP contribution in [0.25, 0.3) is 0 Å². The van der Waals surface area contributed by atoms with Crippen LogP contribution in [0.3, 0.4) is 0 Å². The monoisotopic (exact) mass is 802 g/mol. The van der Waals surface area contributed by atoms with Gasteiger partial charge in [0, 0.05) is 38.7 Å². The predicted molar refractivity (Wildman–Crippen MR) is 193 cm³/mol. The van der Waals surface area contributed by atoms with Crippen molar-refractivity contribution in [3.63, 3.8) is 0 Å². The largest absolute Gasteiger partial charge is 0.619 e. The molecule has 290 valence electrons. The Balaban J connectivity index is 1.32. The highest BCUT2D eigenvalue weighted by molar-refractivity contribution is 7.92. The number of pyridine rings is 1. The SMILES string of the molecule is COc1ccc(CN(C)C(=O)O[C@@H](Cc2c(Cl)c[n+]([O-])cc2Cl)c2ccc(OC(F)F)c(OCC3CC3)c2)cc1NS(=O)(=O)CCCN1CCOCC1. The maximum absolute atomic E-state index is 13.6. The molecule has 2 heterocycles. The molecule has 1 aliphatic heterocycles. The van der Waals surface area contributed by atoms with Crippen molar-refractivity contribution >= 4 is 45.0 Å². The van der Waals surface area contributed by atoms with Crippen LogP contribution in [0.1, 0.15) is 42.1 Å². The van der Waals surface area contributed by atoms with Gasteiger partial charge in [-0.3, -0.25) is 9.62 Å². The normalized spacial score (nSPS) is 15.5. The quantitative estimate of drug-likeness (QED) is 0.120. The number of amides is 1. The molecule has 1 atom stereocenters. The first kappa shape index (κ1) is 40.4. The molecule has 18 heteroatoms. The van der Waals surface area contributed by atoms with E-state index in [9.17, 15) is 27.2 Å². The molecule has 2 fully saturated rings. The molecule has 0 spiro atoms. The van der Waals surface area contributed by atoms with Crippen LogP contribution in [0.15, 0.2) is 48.8 Å². The van der Waals surface area contributed by atoms with Gasteiger partial charge in [-0.05, 0) is 67.1 Å². The number of alkyl halides is 2. The zero-order valence-corrected chi connectivity index (χ0v) is 31.6. The highest BCUT2D eigenvalue weighted by Crippen LogP contribution is 2.38. The molecule has 1 aromatic heterocycles. The molecular weight excluding hydrogens is 761 g/mol. The van der Waals surface area contributed by atoms with Gasteiger partial charge in [0.05, 0.1) is 38.4 Å². The van der Waals surface area contributed by atoms with Gasteiger partial charge in [-0.2, -0.15) is 13.5 Å². The van der Waals surface area contributed by atoms with E-state index in [-0.39, 0.29) is 46.0 Å². The number of morpholine rings is 1. The number of carbonyl (C=O) groups excluding carboxylic acids is 1. The zero-order chi connectivity index (χ0) is 38.1. The van der Waals surface area contributed by atoms with E-state index in [0.29, 0.717) is 65.9 Å². The molecule has 1 saturated heterocycles. The lowest BCUT2D eigenvalue weighted by Crippen LogP contribution is -2.37. The summed E-state index contributed by atoms with van der Waals surface area (Å²) in [5, 5.41) is 12.0. The van der Waals surface area contributed by atoms with Crippen LogP contribution in [0.2, 0.25) is 10.0 Å². The molecule has 1 aliphatic carbocycles. The van der Waals surface area contributed by atoms with Gasteiger partial charge in [0.2, 0.25) is 10.0 Å². The smallest absolute Gasteiger partial charge is 0.410 e. The number of nitrogens with one attached hydrogen (secondary N) is 1. The lowest BCUT2D eigenvalue weighted by Gasteiger charge is -2.26. The second-order valence-corrected chi connectivity index (χ2v) is 15.5. The van der Waals surface area contributed by atoms with E-state index in [1.54, 1.807) is 18.2 Å². The van der Waals surface area contributed by atoms with E-state index in [2.05, 4.69) is 14.4 Å². The van der Waals surface area contributed by atoms with E-state index in [1.807, 2.05) is 0 Å². The topological polar surface area (TPSA) is 143 Å². The van der Waals surface area contributed by atoms with Gasteiger partial charge < -0.3 is 33.8 Å². The second kappa shape index (κ2) is 18.5. The molecule has 53 heavy (non-hydrogen) atoms. The summed E-state index contributed by atoms with van der Waals surface area (Å²) in [6.07, 6.45) is 2.61. The molecule has 3 aromatic rings. The van der Waals surface area contributed by atoms with Gasteiger partial charge in [0.25, 0.3) is 0 Å². The number of methoxy groups -OCH3 is 1. The summed E-state index contributed by atoms with van der Waals surface area (Å²) in [6.45, 7) is 0.587. The van der Waals surface area contributed by atoms with Crippen molar-refractivity contribution in [2.45, 2.75) is 44.9 Å². The first-order valence-electron chi connectivity index (χ1n) is 17.0. The Bertz CT molecular complexity index is 1810. The number of carbonyl (C=O) groups is 1. The summed E-state index contributed by atoms with van der Waals surface area (Å²) < 4.78 is 82.8. The van der Waals surface area contributed by atoms with Crippen LogP contribution in [-0.2, 0) is 32.5 Å². The van der Waals surface area contributed by atoms with Gasteiger partial charge in [-0.1, -0.05) is 35.3 Å². The minimum atomic E-state index is -3.73. The zero-order valence-electron chi connectivity index (χ0n) is 29.3. The Kier molecular flexibility index (Phi) is 14.1. The van der Waals surface area contributed by atoms with Crippen LogP contribution in [0.5, 0.6) is 17.2 Å². The van der Waals surface area contributed by atoms with Crippen molar-refractivity contribution in [2.24, 2.45) is 5.92 Å². The van der Waals surface area contributed by atoms with Gasteiger partial charge >= 0.3 is 12.7 Å². The minimum absolute atomic E-state index is 0.00124. The number of sulfonamides is 1. The molecule has 2 aromatic carbocycles. The van der Waals surface area contributed by atoms with E-state index in [0.717, 1.165) is 38.3 Å². The summed E-state index contributed by atoms with van der Waals surface area (Å²) in [4.78, 5) is 17.1. The van der Waals surface area contributed by atoms with Crippen LogP contribution in [0.4, 0.5) is 19.3 Å². The minimum Gasteiger partial charge on any atom is -0.619 e. The standard InChI is InChI=1S/C35H42Cl2F2N4O9S/c1-41(19-24-6-8-30(48-2)29(16-24)40-53(46,47)15-3-10-42-11-13-49-14-12-42)35(44)52-32(18-26-27(36)20-43(45)21-28(26)37)25-7-9-31(51-34(38)39)33(17-25)50-22-23-4-5-23/h6-9,16-17,20-21,23,32,34,40H,3-5,10-15,18-19,22H2,1-2H3/t32-/m0/s1. The van der Waals surface area contributed by atoms with Crippen LogP contribution in [-0.4, -0.2) is 90.3 Å². The predicted octanol–water partition coefficient (Wildman–Crippen LogP) is 6.04. The summed E-state index contributed by atoms with van der Waals surface area (Å²) in [7, 11) is -0.818. The van der Waals surface area contributed by atoms with Gasteiger partial charge in [0.15, 0.2) is 23.9 Å². The van der Waals surface area contributed by atoms with Gasteiger partial charge in [-0.15, -0.1) is 0 Å². The Morgan fingerprint density at radius 3 is 2.45 bits per heavy atom. The number of benzene rings is 2. The number of halogens is 4. The number of rotatable bonds is 18. The van der Waals surface area contributed by atoms with Crippen molar-refractivity contribution in [2.75, 3.05) is 64.1 Å². The Morgan fingerprint density at radius 2 is 1.79 bits per heavy atom. The number of hydrogen-bond donors (Lipinski definition) is 1. The fraction of sp³-hybridized carbons (Fsp3) is 0.486. The Morgan fingerprint density at radius 1 is 1.09 bits per heavy atom. The fourth-order valence-corrected chi connectivity index (χ4v) is 7.37. The number of anilines is 1. The maximum atomic E-state index is 13.6. The molecule has 5 rings (SSSR count). The van der Waals surface area contributed by atoms with Crippen molar-refractivity contribution in [3.8, 4) is 17.2 Å².